The van der Waals surface area contributed by atoms with Gasteiger partial charge in [0.2, 0.25) is 0 Å². The molecule has 0 atom stereocenters. The molecule has 1 aliphatic rings. The van der Waals surface area contributed by atoms with E-state index < -0.39 is 6.09 Å². The van der Waals surface area contributed by atoms with Crippen LogP contribution in [0.3, 0.4) is 0 Å². The molecule has 0 radical (unpaired) electrons. The highest BCUT2D eigenvalue weighted by atomic mass is 16.7. The van der Waals surface area contributed by atoms with Gasteiger partial charge in [-0.1, -0.05) is 35.9 Å². The Morgan fingerprint density at radius 3 is 2.52 bits per heavy atom. The Morgan fingerprint density at radius 1 is 1.30 bits per heavy atom. The fourth-order valence-electron chi connectivity index (χ4n) is 2.93. The van der Waals surface area contributed by atoms with Gasteiger partial charge in [0.25, 0.3) is 0 Å². The third-order valence-corrected chi connectivity index (χ3v) is 4.13. The molecule has 5 nitrogen and oxygen atoms in total. The van der Waals surface area contributed by atoms with Gasteiger partial charge in [0.1, 0.15) is 6.79 Å². The monoisotopic (exact) mass is 319 g/mol. The van der Waals surface area contributed by atoms with E-state index in [1.165, 1.54) is 4.90 Å². The van der Waals surface area contributed by atoms with E-state index in [0.717, 1.165) is 17.6 Å². The van der Waals surface area contributed by atoms with Crippen LogP contribution in [-0.4, -0.2) is 41.6 Å². The van der Waals surface area contributed by atoms with Crippen LogP contribution in [0.5, 0.6) is 0 Å². The fourth-order valence-corrected chi connectivity index (χ4v) is 2.93. The van der Waals surface area contributed by atoms with Gasteiger partial charge < -0.3 is 19.5 Å². The van der Waals surface area contributed by atoms with Gasteiger partial charge in [-0.05, 0) is 31.7 Å². The topological polar surface area (TPSA) is 59.0 Å². The van der Waals surface area contributed by atoms with E-state index in [0.29, 0.717) is 32.5 Å². The second kappa shape index (κ2) is 8.13. The number of ether oxygens (including phenoxy) is 2. The first kappa shape index (κ1) is 17.5. The van der Waals surface area contributed by atoms with Crippen LogP contribution >= 0.6 is 0 Å². The smallest absolute Gasteiger partial charge is 0.407 e. The van der Waals surface area contributed by atoms with Gasteiger partial charge >= 0.3 is 6.09 Å². The van der Waals surface area contributed by atoms with Crippen LogP contribution in [0.25, 0.3) is 0 Å². The molecule has 23 heavy (non-hydrogen) atoms. The van der Waals surface area contributed by atoms with E-state index in [4.69, 9.17) is 14.6 Å². The second-order valence-electron chi connectivity index (χ2n) is 6.18. The van der Waals surface area contributed by atoms with Crippen molar-refractivity contribution in [2.45, 2.75) is 38.4 Å². The van der Waals surface area contributed by atoms with Gasteiger partial charge in [0, 0.05) is 13.1 Å². The van der Waals surface area contributed by atoms with E-state index in [2.05, 4.69) is 6.58 Å². The number of amides is 1. The van der Waals surface area contributed by atoms with E-state index >= 15 is 0 Å². The van der Waals surface area contributed by atoms with Crippen LogP contribution in [0, 0.1) is 0 Å². The minimum Gasteiger partial charge on any atom is -0.465 e. The quantitative estimate of drug-likeness (QED) is 0.473. The Balaban J connectivity index is 1.84. The number of nitrogens with zero attached hydrogens (tertiary/aromatic N) is 1. The molecule has 0 saturated carbocycles. The van der Waals surface area contributed by atoms with E-state index in [1.807, 2.05) is 37.3 Å². The molecule has 0 aromatic heterocycles. The molecule has 1 saturated heterocycles. The standard InChI is InChI=1S/C18H25NO4/c1-15(2)12-18(8-10-19(11-9-18)17(20)21)23-14-22-13-16-6-4-3-5-7-16/h3-7H,1,8-14H2,2H3,(H,20,21). The second-order valence-corrected chi connectivity index (χ2v) is 6.18. The van der Waals surface area contributed by atoms with Crippen molar-refractivity contribution in [2.24, 2.45) is 0 Å². The lowest BCUT2D eigenvalue weighted by molar-refractivity contribution is -0.162. The summed E-state index contributed by atoms with van der Waals surface area (Å²) in [7, 11) is 0. The summed E-state index contributed by atoms with van der Waals surface area (Å²) in [6, 6.07) is 9.94. The number of carboxylic acid groups (broad SMARTS) is 1. The predicted octanol–water partition coefficient (Wildman–Crippen LogP) is 3.66. The van der Waals surface area contributed by atoms with Crippen molar-refractivity contribution < 1.29 is 19.4 Å². The molecular formula is C18H25NO4. The molecule has 1 aromatic rings. The van der Waals surface area contributed by atoms with Crippen LogP contribution in [-0.2, 0) is 16.1 Å². The average Bonchev–Trinajstić information content (AvgIpc) is 2.52. The SMILES string of the molecule is C=C(C)CC1(OCOCc2ccccc2)CCN(C(=O)O)CC1. The largest absolute Gasteiger partial charge is 0.465 e. The van der Waals surface area contributed by atoms with E-state index in [9.17, 15) is 4.79 Å². The van der Waals surface area contributed by atoms with Gasteiger partial charge in [-0.2, -0.15) is 0 Å². The van der Waals surface area contributed by atoms with Crippen molar-refractivity contribution in [3.8, 4) is 0 Å². The molecule has 1 amide bonds. The lowest BCUT2D eigenvalue weighted by Gasteiger charge is -2.40. The van der Waals surface area contributed by atoms with Crippen molar-refractivity contribution >= 4 is 6.09 Å². The highest BCUT2D eigenvalue weighted by molar-refractivity contribution is 5.65. The fraction of sp³-hybridized carbons (Fsp3) is 0.500. The Kier molecular flexibility index (Phi) is 6.19. The summed E-state index contributed by atoms with van der Waals surface area (Å²) in [5, 5.41) is 9.07. The highest BCUT2D eigenvalue weighted by Gasteiger charge is 2.36. The predicted molar refractivity (Wildman–Crippen MR) is 88.2 cm³/mol. The third kappa shape index (κ3) is 5.37. The molecule has 0 bridgehead atoms. The molecule has 0 aliphatic carbocycles. The normalized spacial score (nSPS) is 17.0. The maximum absolute atomic E-state index is 11.0. The summed E-state index contributed by atoms with van der Waals surface area (Å²) >= 11 is 0. The number of carbonyl (C=O) groups is 1. The molecule has 1 N–H and O–H groups in total. The Hall–Kier alpha value is -1.85. The van der Waals surface area contributed by atoms with Crippen LogP contribution in [0.15, 0.2) is 42.5 Å². The molecule has 1 heterocycles. The molecule has 126 valence electrons. The first-order valence-corrected chi connectivity index (χ1v) is 7.89. The van der Waals surface area contributed by atoms with Gasteiger partial charge in [-0.25, -0.2) is 4.79 Å². The maximum Gasteiger partial charge on any atom is 0.407 e. The summed E-state index contributed by atoms with van der Waals surface area (Å²) in [5.74, 6) is 0. The summed E-state index contributed by atoms with van der Waals surface area (Å²) in [5.41, 5.74) is 1.77. The Bertz CT molecular complexity index is 521. The summed E-state index contributed by atoms with van der Waals surface area (Å²) in [4.78, 5) is 12.5. The van der Waals surface area contributed by atoms with Crippen LogP contribution in [0.4, 0.5) is 4.79 Å². The molecule has 2 rings (SSSR count). The summed E-state index contributed by atoms with van der Waals surface area (Å²) < 4.78 is 11.7. The third-order valence-electron chi connectivity index (χ3n) is 4.13. The number of hydrogen-bond acceptors (Lipinski definition) is 3. The van der Waals surface area contributed by atoms with Crippen molar-refractivity contribution in [1.82, 2.24) is 4.90 Å². The van der Waals surface area contributed by atoms with Crippen LogP contribution < -0.4 is 0 Å². The number of likely N-dealkylation sites (tertiary alicyclic amines) is 1. The molecule has 0 spiro atoms. The molecule has 1 fully saturated rings. The van der Waals surface area contributed by atoms with Crippen LogP contribution in [0.1, 0.15) is 31.7 Å². The molecular weight excluding hydrogens is 294 g/mol. The minimum atomic E-state index is -0.866. The van der Waals surface area contributed by atoms with E-state index in [1.54, 1.807) is 0 Å². The molecule has 5 heteroatoms. The van der Waals surface area contributed by atoms with Gasteiger partial charge in [0.05, 0.1) is 12.2 Å². The number of benzene rings is 1. The van der Waals surface area contributed by atoms with Gasteiger partial charge in [0.15, 0.2) is 0 Å². The number of piperidine rings is 1. The van der Waals surface area contributed by atoms with Crippen molar-refractivity contribution in [3.05, 3.63) is 48.0 Å². The minimum absolute atomic E-state index is 0.204. The van der Waals surface area contributed by atoms with Gasteiger partial charge in [-0.3, -0.25) is 0 Å². The zero-order valence-corrected chi connectivity index (χ0v) is 13.7. The first-order chi connectivity index (χ1) is 11.0. The number of rotatable bonds is 7. The van der Waals surface area contributed by atoms with Crippen molar-refractivity contribution in [1.29, 1.82) is 0 Å². The van der Waals surface area contributed by atoms with Crippen molar-refractivity contribution in [2.75, 3.05) is 19.9 Å². The highest BCUT2D eigenvalue weighted by Crippen LogP contribution is 2.32. The van der Waals surface area contributed by atoms with Crippen molar-refractivity contribution in [3.63, 3.8) is 0 Å². The zero-order valence-electron chi connectivity index (χ0n) is 13.7. The summed E-state index contributed by atoms with van der Waals surface area (Å²) in [6.45, 7) is 7.63. The van der Waals surface area contributed by atoms with Crippen LogP contribution in [0.2, 0.25) is 0 Å². The zero-order chi connectivity index (χ0) is 16.7. The first-order valence-electron chi connectivity index (χ1n) is 7.89. The molecule has 0 unspecified atom stereocenters. The Morgan fingerprint density at radius 2 is 1.96 bits per heavy atom. The number of hydrogen-bond donors (Lipinski definition) is 1. The lowest BCUT2D eigenvalue weighted by Crippen LogP contribution is -2.48. The molecule has 1 aromatic carbocycles. The molecule has 1 aliphatic heterocycles. The Labute approximate surface area is 137 Å². The average molecular weight is 319 g/mol. The van der Waals surface area contributed by atoms with E-state index in [-0.39, 0.29) is 12.4 Å². The lowest BCUT2D eigenvalue weighted by atomic mass is 9.85. The van der Waals surface area contributed by atoms with Gasteiger partial charge in [-0.15, -0.1) is 6.58 Å². The maximum atomic E-state index is 11.0. The summed E-state index contributed by atoms with van der Waals surface area (Å²) in [6.07, 6.45) is 1.20.